The molecule has 2 aromatic carbocycles. The third kappa shape index (κ3) is 4.39. The standard InChI is InChI=1S/C18H17Cl2N5O/c1-11-3-5-13(6-4-11)18-22-24-25(23-18)10-17(26)21-12(2)15-8-7-14(19)9-16(15)20/h3-9,12H,10H2,1-2H3,(H,21,26). The molecule has 3 aromatic rings. The fourth-order valence-electron chi connectivity index (χ4n) is 2.47. The molecule has 1 heterocycles. The van der Waals surface area contributed by atoms with Crippen LogP contribution < -0.4 is 5.32 Å². The van der Waals surface area contributed by atoms with E-state index < -0.39 is 0 Å². The lowest BCUT2D eigenvalue weighted by Gasteiger charge is -2.15. The average Bonchev–Trinajstić information content (AvgIpc) is 3.03. The number of aromatic nitrogens is 4. The maximum atomic E-state index is 12.3. The minimum Gasteiger partial charge on any atom is -0.348 e. The van der Waals surface area contributed by atoms with E-state index >= 15 is 0 Å². The summed E-state index contributed by atoms with van der Waals surface area (Å²) in [5, 5.41) is 16.1. The van der Waals surface area contributed by atoms with Crippen molar-refractivity contribution in [3.05, 3.63) is 63.6 Å². The van der Waals surface area contributed by atoms with E-state index in [1.807, 2.05) is 38.1 Å². The van der Waals surface area contributed by atoms with Crippen molar-refractivity contribution < 1.29 is 4.79 Å². The molecule has 3 rings (SSSR count). The smallest absolute Gasteiger partial charge is 0.244 e. The van der Waals surface area contributed by atoms with Crippen molar-refractivity contribution in [2.45, 2.75) is 26.4 Å². The van der Waals surface area contributed by atoms with Crippen molar-refractivity contribution in [1.29, 1.82) is 0 Å². The molecule has 0 aliphatic heterocycles. The van der Waals surface area contributed by atoms with E-state index in [9.17, 15) is 4.79 Å². The third-order valence-corrected chi connectivity index (χ3v) is 4.42. The van der Waals surface area contributed by atoms with Gasteiger partial charge in [-0.2, -0.15) is 4.80 Å². The zero-order valence-corrected chi connectivity index (χ0v) is 15.8. The van der Waals surface area contributed by atoms with Crippen LogP contribution in [0.15, 0.2) is 42.5 Å². The van der Waals surface area contributed by atoms with Gasteiger partial charge in [-0.3, -0.25) is 4.79 Å². The molecule has 0 saturated carbocycles. The summed E-state index contributed by atoms with van der Waals surface area (Å²) in [6.45, 7) is 3.82. The molecule has 0 aliphatic carbocycles. The number of hydrogen-bond acceptors (Lipinski definition) is 4. The molecule has 0 fully saturated rings. The number of nitrogens with zero attached hydrogens (tertiary/aromatic N) is 4. The van der Waals surface area contributed by atoms with Gasteiger partial charge in [0, 0.05) is 15.6 Å². The SMILES string of the molecule is Cc1ccc(-c2nnn(CC(=O)NC(C)c3ccc(Cl)cc3Cl)n2)cc1. The molecule has 1 atom stereocenters. The number of halogens is 2. The van der Waals surface area contributed by atoms with Crippen molar-refractivity contribution in [2.24, 2.45) is 0 Å². The summed E-state index contributed by atoms with van der Waals surface area (Å²) in [5.41, 5.74) is 2.79. The number of benzene rings is 2. The van der Waals surface area contributed by atoms with Crippen molar-refractivity contribution in [3.8, 4) is 11.4 Å². The Morgan fingerprint density at radius 3 is 2.62 bits per heavy atom. The van der Waals surface area contributed by atoms with Crippen molar-refractivity contribution >= 4 is 29.1 Å². The number of carbonyl (C=O) groups excluding carboxylic acids is 1. The maximum Gasteiger partial charge on any atom is 0.244 e. The van der Waals surface area contributed by atoms with Crippen LogP contribution in [0, 0.1) is 6.92 Å². The molecular formula is C18H17Cl2N5O. The van der Waals surface area contributed by atoms with Gasteiger partial charge in [-0.15, -0.1) is 10.2 Å². The Labute approximate surface area is 161 Å². The number of rotatable bonds is 5. The molecule has 1 unspecified atom stereocenters. The van der Waals surface area contributed by atoms with E-state index in [0.29, 0.717) is 15.9 Å². The van der Waals surface area contributed by atoms with Crippen LogP contribution in [-0.4, -0.2) is 26.1 Å². The summed E-state index contributed by atoms with van der Waals surface area (Å²) < 4.78 is 0. The van der Waals surface area contributed by atoms with Crippen LogP contribution in [0.25, 0.3) is 11.4 Å². The summed E-state index contributed by atoms with van der Waals surface area (Å²) in [4.78, 5) is 13.5. The predicted octanol–water partition coefficient (Wildman–Crippen LogP) is 3.83. The molecule has 0 bridgehead atoms. The number of tetrazole rings is 1. The van der Waals surface area contributed by atoms with E-state index in [0.717, 1.165) is 16.7 Å². The summed E-state index contributed by atoms with van der Waals surface area (Å²) in [5.74, 6) is 0.239. The van der Waals surface area contributed by atoms with Gasteiger partial charge in [0.15, 0.2) is 0 Å². The second kappa shape index (κ2) is 7.85. The first-order valence-electron chi connectivity index (χ1n) is 8.01. The Bertz CT molecular complexity index is 924. The fourth-order valence-corrected chi connectivity index (χ4v) is 3.05. The average molecular weight is 390 g/mol. The molecule has 1 amide bonds. The Morgan fingerprint density at radius 1 is 1.19 bits per heavy atom. The van der Waals surface area contributed by atoms with E-state index in [2.05, 4.69) is 20.7 Å². The second-order valence-corrected chi connectivity index (χ2v) is 6.81. The van der Waals surface area contributed by atoms with Crippen LogP contribution >= 0.6 is 23.2 Å². The summed E-state index contributed by atoms with van der Waals surface area (Å²) in [6.07, 6.45) is 0. The van der Waals surface area contributed by atoms with E-state index in [-0.39, 0.29) is 18.5 Å². The minimum atomic E-state index is -0.271. The fraction of sp³-hybridized carbons (Fsp3) is 0.222. The lowest BCUT2D eigenvalue weighted by molar-refractivity contribution is -0.122. The molecule has 0 radical (unpaired) electrons. The van der Waals surface area contributed by atoms with E-state index in [1.165, 1.54) is 4.80 Å². The molecule has 26 heavy (non-hydrogen) atoms. The number of carbonyl (C=O) groups is 1. The molecule has 8 heteroatoms. The Hall–Kier alpha value is -2.44. The highest BCUT2D eigenvalue weighted by Gasteiger charge is 2.15. The van der Waals surface area contributed by atoms with Gasteiger partial charge in [-0.1, -0.05) is 59.1 Å². The van der Waals surface area contributed by atoms with Gasteiger partial charge in [0.1, 0.15) is 6.54 Å². The van der Waals surface area contributed by atoms with Gasteiger partial charge < -0.3 is 5.32 Å². The van der Waals surface area contributed by atoms with Crippen LogP contribution in [0.4, 0.5) is 0 Å². The van der Waals surface area contributed by atoms with Gasteiger partial charge >= 0.3 is 0 Å². The molecule has 134 valence electrons. The summed E-state index contributed by atoms with van der Waals surface area (Å²) >= 11 is 12.1. The molecule has 6 nitrogen and oxygen atoms in total. The zero-order valence-electron chi connectivity index (χ0n) is 14.3. The number of hydrogen-bond donors (Lipinski definition) is 1. The molecule has 0 saturated heterocycles. The number of aryl methyl sites for hydroxylation is 1. The van der Waals surface area contributed by atoms with Crippen LogP contribution in [0.3, 0.4) is 0 Å². The van der Waals surface area contributed by atoms with Crippen molar-refractivity contribution in [1.82, 2.24) is 25.5 Å². The highest BCUT2D eigenvalue weighted by molar-refractivity contribution is 6.35. The molecule has 0 spiro atoms. The number of nitrogens with one attached hydrogen (secondary N) is 1. The van der Waals surface area contributed by atoms with Crippen LogP contribution in [0.5, 0.6) is 0 Å². The number of amides is 1. The molecular weight excluding hydrogens is 373 g/mol. The molecule has 0 aliphatic rings. The van der Waals surface area contributed by atoms with Crippen molar-refractivity contribution in [2.75, 3.05) is 0 Å². The predicted molar refractivity (Wildman–Crippen MR) is 101 cm³/mol. The van der Waals surface area contributed by atoms with Gasteiger partial charge in [0.25, 0.3) is 0 Å². The lowest BCUT2D eigenvalue weighted by Crippen LogP contribution is -2.31. The monoisotopic (exact) mass is 389 g/mol. The first-order chi connectivity index (χ1) is 12.4. The van der Waals surface area contributed by atoms with Crippen LogP contribution in [0.2, 0.25) is 10.0 Å². The first kappa shape index (κ1) is 18.4. The quantitative estimate of drug-likeness (QED) is 0.719. The Morgan fingerprint density at radius 2 is 1.92 bits per heavy atom. The first-order valence-corrected chi connectivity index (χ1v) is 8.77. The zero-order chi connectivity index (χ0) is 18.7. The Kier molecular flexibility index (Phi) is 5.54. The van der Waals surface area contributed by atoms with Gasteiger partial charge in [-0.25, -0.2) is 0 Å². The Balaban J connectivity index is 1.64. The maximum absolute atomic E-state index is 12.3. The largest absolute Gasteiger partial charge is 0.348 e. The van der Waals surface area contributed by atoms with Gasteiger partial charge in [-0.05, 0) is 36.8 Å². The van der Waals surface area contributed by atoms with E-state index in [1.54, 1.807) is 18.2 Å². The van der Waals surface area contributed by atoms with Gasteiger partial charge in [0.2, 0.25) is 11.7 Å². The highest BCUT2D eigenvalue weighted by Crippen LogP contribution is 2.26. The van der Waals surface area contributed by atoms with E-state index in [4.69, 9.17) is 23.2 Å². The summed E-state index contributed by atoms with van der Waals surface area (Å²) in [7, 11) is 0. The van der Waals surface area contributed by atoms with Crippen LogP contribution in [-0.2, 0) is 11.3 Å². The van der Waals surface area contributed by atoms with Gasteiger partial charge in [0.05, 0.1) is 6.04 Å². The normalized spacial score (nSPS) is 12.0. The topological polar surface area (TPSA) is 72.7 Å². The molecule has 1 N–H and O–H groups in total. The highest BCUT2D eigenvalue weighted by atomic mass is 35.5. The minimum absolute atomic E-state index is 0.0333. The third-order valence-electron chi connectivity index (χ3n) is 3.85. The lowest BCUT2D eigenvalue weighted by atomic mass is 10.1. The molecule has 1 aromatic heterocycles. The van der Waals surface area contributed by atoms with Crippen LogP contribution in [0.1, 0.15) is 24.1 Å². The second-order valence-electron chi connectivity index (χ2n) is 5.96. The van der Waals surface area contributed by atoms with Crippen molar-refractivity contribution in [3.63, 3.8) is 0 Å². The summed E-state index contributed by atoms with van der Waals surface area (Å²) in [6, 6.07) is 12.7.